The number of aromatic nitrogens is 2. The fourth-order valence-electron chi connectivity index (χ4n) is 2.67. The van der Waals surface area contributed by atoms with Gasteiger partial charge in [-0.1, -0.05) is 24.3 Å². The second-order valence-corrected chi connectivity index (χ2v) is 6.67. The van der Waals surface area contributed by atoms with E-state index >= 15 is 0 Å². The van der Waals surface area contributed by atoms with Crippen molar-refractivity contribution in [1.82, 2.24) is 9.38 Å². The Kier molecular flexibility index (Phi) is 4.14. The third kappa shape index (κ3) is 2.93. The van der Waals surface area contributed by atoms with Crippen molar-refractivity contribution < 1.29 is 13.9 Å². The topological polar surface area (TPSA) is 69.6 Å². The predicted octanol–water partition coefficient (Wildman–Crippen LogP) is 3.88. The normalized spacial score (nSPS) is 11.0. The van der Waals surface area contributed by atoms with Gasteiger partial charge in [0.25, 0.3) is 5.91 Å². The quantitative estimate of drug-likeness (QED) is 0.582. The predicted molar refractivity (Wildman–Crippen MR) is 97.8 cm³/mol. The number of halogens is 1. The summed E-state index contributed by atoms with van der Waals surface area (Å²) in [6.07, 6.45) is 3.62. The Morgan fingerprint density at radius 1 is 1.23 bits per heavy atom. The molecule has 0 fully saturated rings. The Hall–Kier alpha value is -3.19. The molecular weight excluding hydrogens is 353 g/mol. The smallest absolute Gasteiger partial charge is 0.262 e. The van der Waals surface area contributed by atoms with Gasteiger partial charge in [0.05, 0.1) is 16.8 Å². The molecule has 0 aliphatic carbocycles. The molecule has 4 aromatic rings. The lowest BCUT2D eigenvalue weighted by Crippen LogP contribution is -2.10. The fraction of sp³-hybridized carbons (Fsp3) is 0.0526. The van der Waals surface area contributed by atoms with Crippen LogP contribution in [-0.2, 0) is 6.61 Å². The Balaban J connectivity index is 1.69. The van der Waals surface area contributed by atoms with Gasteiger partial charge in [-0.2, -0.15) is 0 Å². The number of benzene rings is 1. The zero-order valence-electron chi connectivity index (χ0n) is 13.6. The number of primary amides is 1. The Labute approximate surface area is 152 Å². The number of thiophene rings is 1. The van der Waals surface area contributed by atoms with E-state index in [0.717, 1.165) is 16.2 Å². The molecule has 0 bridgehead atoms. The number of nitrogens with two attached hydrogens (primary N) is 1. The summed E-state index contributed by atoms with van der Waals surface area (Å²) in [5.74, 6) is -0.601. The molecule has 0 saturated carbocycles. The Bertz CT molecular complexity index is 1100. The number of carbonyl (C=O) groups excluding carboxylic acids is 1. The van der Waals surface area contributed by atoms with Crippen molar-refractivity contribution in [3.63, 3.8) is 0 Å². The summed E-state index contributed by atoms with van der Waals surface area (Å²) in [5.41, 5.74) is 7.52. The molecule has 5 nitrogen and oxygen atoms in total. The maximum atomic E-state index is 13.8. The van der Waals surface area contributed by atoms with Crippen LogP contribution in [0, 0.1) is 5.82 Å². The number of nitrogens with zero attached hydrogens (tertiary/aromatic N) is 2. The van der Waals surface area contributed by atoms with Crippen LogP contribution in [0.15, 0.2) is 60.9 Å². The molecule has 0 saturated heterocycles. The van der Waals surface area contributed by atoms with Crippen LogP contribution in [0.3, 0.4) is 0 Å². The number of ether oxygens (including phenoxy) is 1. The number of hydrogen-bond acceptors (Lipinski definition) is 4. The molecule has 0 spiro atoms. The molecule has 0 radical (unpaired) electrons. The van der Waals surface area contributed by atoms with Crippen LogP contribution < -0.4 is 10.5 Å². The first-order chi connectivity index (χ1) is 12.6. The van der Waals surface area contributed by atoms with Gasteiger partial charge in [-0.25, -0.2) is 9.37 Å². The summed E-state index contributed by atoms with van der Waals surface area (Å²) in [6, 6.07) is 13.8. The molecule has 1 amide bonds. The maximum Gasteiger partial charge on any atom is 0.262 e. The molecule has 7 heteroatoms. The number of carbonyl (C=O) groups is 1. The lowest BCUT2D eigenvalue weighted by Gasteiger charge is -2.06. The number of hydrogen-bond donors (Lipinski definition) is 1. The van der Waals surface area contributed by atoms with Crippen molar-refractivity contribution in [3.8, 4) is 16.3 Å². The van der Waals surface area contributed by atoms with Crippen molar-refractivity contribution in [2.45, 2.75) is 6.61 Å². The van der Waals surface area contributed by atoms with Crippen LogP contribution in [-0.4, -0.2) is 15.3 Å². The van der Waals surface area contributed by atoms with E-state index in [4.69, 9.17) is 10.5 Å². The van der Waals surface area contributed by atoms with Crippen molar-refractivity contribution in [3.05, 3.63) is 77.2 Å². The minimum Gasteiger partial charge on any atom is -0.487 e. The average molecular weight is 367 g/mol. The second kappa shape index (κ2) is 6.61. The van der Waals surface area contributed by atoms with Crippen LogP contribution in [0.2, 0.25) is 0 Å². The molecule has 0 aliphatic rings. The number of amides is 1. The first-order valence-electron chi connectivity index (χ1n) is 7.86. The SMILES string of the molecule is NC(=O)c1sc(-c2cnc3ccccn23)cc1OCc1ccccc1F. The third-order valence-corrected chi connectivity index (χ3v) is 5.09. The van der Waals surface area contributed by atoms with Crippen molar-refractivity contribution in [2.24, 2.45) is 5.73 Å². The zero-order valence-corrected chi connectivity index (χ0v) is 14.4. The molecule has 2 N–H and O–H groups in total. The van der Waals surface area contributed by atoms with Gasteiger partial charge in [0.2, 0.25) is 0 Å². The summed E-state index contributed by atoms with van der Waals surface area (Å²) in [5, 5.41) is 0. The molecule has 3 heterocycles. The van der Waals surface area contributed by atoms with E-state index < -0.39 is 5.91 Å². The second-order valence-electron chi connectivity index (χ2n) is 5.62. The highest BCUT2D eigenvalue weighted by atomic mass is 32.1. The third-order valence-electron chi connectivity index (χ3n) is 3.93. The highest BCUT2D eigenvalue weighted by Gasteiger charge is 2.18. The minimum absolute atomic E-state index is 0.0102. The Morgan fingerprint density at radius 2 is 2.04 bits per heavy atom. The summed E-state index contributed by atoms with van der Waals surface area (Å²) in [7, 11) is 0. The largest absolute Gasteiger partial charge is 0.487 e. The van der Waals surface area contributed by atoms with Gasteiger partial charge in [-0.05, 0) is 18.2 Å². The van der Waals surface area contributed by atoms with Crippen molar-refractivity contribution >= 4 is 22.9 Å². The van der Waals surface area contributed by atoms with Crippen LogP contribution in [0.1, 0.15) is 15.2 Å². The van der Waals surface area contributed by atoms with Crippen molar-refractivity contribution in [2.75, 3.05) is 0 Å². The van der Waals surface area contributed by atoms with E-state index in [1.54, 1.807) is 30.5 Å². The van der Waals surface area contributed by atoms with Gasteiger partial charge in [0, 0.05) is 17.8 Å². The van der Waals surface area contributed by atoms with E-state index in [9.17, 15) is 9.18 Å². The first kappa shape index (κ1) is 16.3. The van der Waals surface area contributed by atoms with Gasteiger partial charge < -0.3 is 10.5 Å². The molecule has 4 rings (SSSR count). The zero-order chi connectivity index (χ0) is 18.1. The van der Waals surface area contributed by atoms with Crippen molar-refractivity contribution in [1.29, 1.82) is 0 Å². The minimum atomic E-state index is -0.585. The Morgan fingerprint density at radius 3 is 2.85 bits per heavy atom. The molecular formula is C19H14FN3O2S. The summed E-state index contributed by atoms with van der Waals surface area (Å²) in [4.78, 5) is 17.2. The first-order valence-corrected chi connectivity index (χ1v) is 8.67. The highest BCUT2D eigenvalue weighted by molar-refractivity contribution is 7.17. The van der Waals surface area contributed by atoms with Gasteiger partial charge in [-0.15, -0.1) is 11.3 Å². The summed E-state index contributed by atoms with van der Waals surface area (Å²) < 4.78 is 21.4. The molecule has 26 heavy (non-hydrogen) atoms. The lowest BCUT2D eigenvalue weighted by molar-refractivity contribution is 0.1000. The van der Waals surface area contributed by atoms with E-state index in [-0.39, 0.29) is 12.4 Å². The van der Waals surface area contributed by atoms with Crippen LogP contribution in [0.4, 0.5) is 4.39 Å². The fourth-order valence-corrected chi connectivity index (χ4v) is 3.63. The lowest BCUT2D eigenvalue weighted by atomic mass is 10.2. The van der Waals surface area contributed by atoms with Gasteiger partial charge in [0.15, 0.2) is 0 Å². The van der Waals surface area contributed by atoms with Crippen LogP contribution in [0.5, 0.6) is 5.75 Å². The number of fused-ring (bicyclic) bond motifs is 1. The summed E-state index contributed by atoms with van der Waals surface area (Å²) in [6.45, 7) is 0.0102. The van der Waals surface area contributed by atoms with Gasteiger partial charge in [0.1, 0.15) is 28.7 Å². The molecule has 0 atom stereocenters. The summed E-state index contributed by atoms with van der Waals surface area (Å²) >= 11 is 1.23. The molecule has 0 unspecified atom stereocenters. The molecule has 130 valence electrons. The van der Waals surface area contributed by atoms with E-state index in [1.807, 2.05) is 28.8 Å². The van der Waals surface area contributed by atoms with E-state index in [1.165, 1.54) is 17.4 Å². The number of rotatable bonds is 5. The van der Waals surface area contributed by atoms with Gasteiger partial charge in [-0.3, -0.25) is 9.20 Å². The molecule has 3 aromatic heterocycles. The number of imidazole rings is 1. The average Bonchev–Trinajstić information content (AvgIpc) is 3.25. The van der Waals surface area contributed by atoms with Gasteiger partial charge >= 0.3 is 0 Å². The van der Waals surface area contributed by atoms with Crippen LogP contribution in [0.25, 0.3) is 16.2 Å². The van der Waals surface area contributed by atoms with E-state index in [0.29, 0.717) is 16.2 Å². The van der Waals surface area contributed by atoms with Crippen LogP contribution >= 0.6 is 11.3 Å². The highest BCUT2D eigenvalue weighted by Crippen LogP contribution is 2.36. The van der Waals surface area contributed by atoms with E-state index in [2.05, 4.69) is 4.98 Å². The number of pyridine rings is 1. The maximum absolute atomic E-state index is 13.8. The molecule has 1 aromatic carbocycles. The molecule has 0 aliphatic heterocycles. The monoisotopic (exact) mass is 367 g/mol. The standard InChI is InChI=1S/C19H14FN3O2S/c20-13-6-2-1-5-12(13)11-25-15-9-16(26-18(15)19(21)24)14-10-22-17-7-3-4-8-23(14)17/h1-10H,11H2,(H2,21,24).